The molecular formula is C8H16N2O2. The van der Waals surface area contributed by atoms with Crippen LogP contribution < -0.4 is 0 Å². The minimum atomic E-state index is 0.0605. The Morgan fingerprint density at radius 1 is 1.42 bits per heavy atom. The quantitative estimate of drug-likeness (QED) is 0.372. The SMILES string of the molecule is CCO/N=[N+](\[O-])C1CCCCC1. The molecule has 0 heterocycles. The van der Waals surface area contributed by atoms with Crippen molar-refractivity contribution in [2.45, 2.75) is 45.1 Å². The Morgan fingerprint density at radius 3 is 2.67 bits per heavy atom. The van der Waals surface area contributed by atoms with Gasteiger partial charge in [0.25, 0.3) is 0 Å². The van der Waals surface area contributed by atoms with Gasteiger partial charge in [0.2, 0.25) is 0 Å². The molecule has 0 aromatic rings. The molecule has 0 aliphatic heterocycles. The summed E-state index contributed by atoms with van der Waals surface area (Å²) in [6.07, 6.45) is 5.45. The molecule has 1 rings (SSSR count). The summed E-state index contributed by atoms with van der Waals surface area (Å²) >= 11 is 0. The van der Waals surface area contributed by atoms with Crippen molar-refractivity contribution in [1.29, 1.82) is 0 Å². The van der Waals surface area contributed by atoms with E-state index in [1.165, 1.54) is 6.42 Å². The first-order valence-corrected chi connectivity index (χ1v) is 4.64. The van der Waals surface area contributed by atoms with Gasteiger partial charge in [-0.1, -0.05) is 11.3 Å². The lowest BCUT2D eigenvalue weighted by Crippen LogP contribution is -2.23. The second kappa shape index (κ2) is 4.95. The summed E-state index contributed by atoms with van der Waals surface area (Å²) in [5.41, 5.74) is 0. The van der Waals surface area contributed by atoms with Crippen molar-refractivity contribution in [3.8, 4) is 0 Å². The van der Waals surface area contributed by atoms with E-state index >= 15 is 0 Å². The molecule has 1 fully saturated rings. The number of nitrogens with zero attached hydrogens (tertiary/aromatic N) is 2. The summed E-state index contributed by atoms with van der Waals surface area (Å²) in [4.78, 5) is 5.41. The van der Waals surface area contributed by atoms with Crippen molar-refractivity contribution < 1.29 is 9.70 Å². The van der Waals surface area contributed by atoms with Crippen molar-refractivity contribution in [2.24, 2.45) is 5.28 Å². The van der Waals surface area contributed by atoms with E-state index < -0.39 is 0 Å². The maximum absolute atomic E-state index is 11.2. The van der Waals surface area contributed by atoms with E-state index in [1.54, 1.807) is 0 Å². The van der Waals surface area contributed by atoms with E-state index in [-0.39, 0.29) is 6.04 Å². The van der Waals surface area contributed by atoms with Gasteiger partial charge < -0.3 is 10.0 Å². The molecule has 0 atom stereocenters. The Morgan fingerprint density at radius 2 is 2.08 bits per heavy atom. The van der Waals surface area contributed by atoms with Crippen LogP contribution >= 0.6 is 0 Å². The molecule has 0 bridgehead atoms. The lowest BCUT2D eigenvalue weighted by molar-refractivity contribution is -0.597. The second-order valence-electron chi connectivity index (χ2n) is 3.09. The maximum Gasteiger partial charge on any atom is 0.200 e. The van der Waals surface area contributed by atoms with Gasteiger partial charge in [0, 0.05) is 12.8 Å². The molecule has 12 heavy (non-hydrogen) atoms. The monoisotopic (exact) mass is 172 g/mol. The molecule has 1 aliphatic carbocycles. The van der Waals surface area contributed by atoms with Crippen molar-refractivity contribution in [3.05, 3.63) is 5.21 Å². The molecule has 4 heteroatoms. The number of hydroxylamine groups is 1. The van der Waals surface area contributed by atoms with Crippen LogP contribution in [-0.4, -0.2) is 17.5 Å². The average Bonchev–Trinajstić information content (AvgIpc) is 2.15. The highest BCUT2D eigenvalue weighted by Crippen LogP contribution is 2.19. The van der Waals surface area contributed by atoms with Crippen molar-refractivity contribution in [3.63, 3.8) is 0 Å². The first-order valence-electron chi connectivity index (χ1n) is 4.64. The van der Waals surface area contributed by atoms with Crippen LogP contribution in [0.5, 0.6) is 0 Å². The molecule has 1 aliphatic rings. The minimum Gasteiger partial charge on any atom is -0.597 e. The zero-order valence-electron chi connectivity index (χ0n) is 7.53. The number of hydrogen-bond donors (Lipinski definition) is 0. The molecule has 0 aromatic carbocycles. The summed E-state index contributed by atoms with van der Waals surface area (Å²) in [6.45, 7) is 2.28. The van der Waals surface area contributed by atoms with Crippen LogP contribution in [0.1, 0.15) is 39.0 Å². The first-order chi connectivity index (χ1) is 5.84. The molecular weight excluding hydrogens is 156 g/mol. The van der Waals surface area contributed by atoms with Gasteiger partial charge in [0.05, 0.1) is 0 Å². The summed E-state index contributed by atoms with van der Waals surface area (Å²) < 4.78 is 0. The van der Waals surface area contributed by atoms with E-state index in [4.69, 9.17) is 0 Å². The lowest BCUT2D eigenvalue weighted by Gasteiger charge is -2.17. The highest BCUT2D eigenvalue weighted by Gasteiger charge is 2.21. The fourth-order valence-corrected chi connectivity index (χ4v) is 1.48. The third kappa shape index (κ3) is 2.68. The zero-order chi connectivity index (χ0) is 8.81. The predicted octanol–water partition coefficient (Wildman–Crippen LogP) is 2.23. The Hall–Kier alpha value is -0.800. The van der Waals surface area contributed by atoms with Gasteiger partial charge in [-0.15, -0.1) is 0 Å². The zero-order valence-corrected chi connectivity index (χ0v) is 7.53. The number of hydrogen-bond acceptors (Lipinski definition) is 3. The predicted molar refractivity (Wildman–Crippen MR) is 44.6 cm³/mol. The Bertz CT molecular complexity index is 153. The molecule has 0 aromatic heterocycles. The Balaban J connectivity index is 2.33. The van der Waals surface area contributed by atoms with Crippen molar-refractivity contribution >= 4 is 0 Å². The van der Waals surface area contributed by atoms with Gasteiger partial charge in [0.15, 0.2) is 11.3 Å². The van der Waals surface area contributed by atoms with Gasteiger partial charge in [-0.05, 0) is 19.8 Å². The van der Waals surface area contributed by atoms with Crippen molar-refractivity contribution in [2.75, 3.05) is 6.61 Å². The highest BCUT2D eigenvalue weighted by atomic mass is 16.7. The van der Waals surface area contributed by atoms with Crippen LogP contribution in [0.3, 0.4) is 0 Å². The molecule has 70 valence electrons. The summed E-state index contributed by atoms with van der Waals surface area (Å²) in [5.74, 6) is 0. The van der Waals surface area contributed by atoms with Crippen LogP contribution in [0, 0.1) is 5.21 Å². The van der Waals surface area contributed by atoms with Crippen LogP contribution in [0.25, 0.3) is 0 Å². The largest absolute Gasteiger partial charge is 0.597 e. The van der Waals surface area contributed by atoms with Crippen LogP contribution in [0.4, 0.5) is 0 Å². The molecule has 0 amide bonds. The molecule has 0 N–H and O–H groups in total. The smallest absolute Gasteiger partial charge is 0.200 e. The second-order valence-corrected chi connectivity index (χ2v) is 3.09. The molecule has 1 saturated carbocycles. The fraction of sp³-hybridized carbons (Fsp3) is 1.00. The van der Waals surface area contributed by atoms with Gasteiger partial charge in [-0.25, -0.2) is 0 Å². The molecule has 0 radical (unpaired) electrons. The topological polar surface area (TPSA) is 47.7 Å². The Kier molecular flexibility index (Phi) is 3.84. The van der Waals surface area contributed by atoms with E-state index in [9.17, 15) is 5.21 Å². The van der Waals surface area contributed by atoms with Gasteiger partial charge >= 0.3 is 0 Å². The van der Waals surface area contributed by atoms with E-state index in [2.05, 4.69) is 10.1 Å². The average molecular weight is 172 g/mol. The van der Waals surface area contributed by atoms with Crippen LogP contribution in [0.15, 0.2) is 5.28 Å². The summed E-state index contributed by atoms with van der Waals surface area (Å²) in [6, 6.07) is 0.0605. The third-order valence-corrected chi connectivity index (χ3v) is 2.15. The molecule has 0 unspecified atom stereocenters. The lowest BCUT2D eigenvalue weighted by atomic mass is 9.96. The molecule has 0 spiro atoms. The fourth-order valence-electron chi connectivity index (χ4n) is 1.48. The first kappa shape index (κ1) is 9.29. The standard InChI is InChI=1S/C8H16N2O2/c1-2-12-9-10(11)8-6-4-3-5-7-8/h8H,2-7H2,1H3/b10-9-. The third-order valence-electron chi connectivity index (χ3n) is 2.15. The van der Waals surface area contributed by atoms with Crippen LogP contribution in [0.2, 0.25) is 0 Å². The molecule has 0 saturated heterocycles. The van der Waals surface area contributed by atoms with Gasteiger partial charge in [-0.2, -0.15) is 0 Å². The summed E-state index contributed by atoms with van der Waals surface area (Å²) in [7, 11) is 0. The molecule has 4 nitrogen and oxygen atoms in total. The van der Waals surface area contributed by atoms with Crippen LogP contribution in [-0.2, 0) is 4.84 Å². The number of rotatable bonds is 3. The Labute approximate surface area is 72.8 Å². The van der Waals surface area contributed by atoms with Crippen molar-refractivity contribution in [1.82, 2.24) is 0 Å². The van der Waals surface area contributed by atoms with E-state index in [0.29, 0.717) is 6.61 Å². The maximum atomic E-state index is 11.2. The minimum absolute atomic E-state index is 0.0605. The van der Waals surface area contributed by atoms with E-state index in [1.807, 2.05) is 6.92 Å². The van der Waals surface area contributed by atoms with Gasteiger partial charge in [-0.3, -0.25) is 0 Å². The summed E-state index contributed by atoms with van der Waals surface area (Å²) in [5, 5.41) is 14.6. The van der Waals surface area contributed by atoms with E-state index in [0.717, 1.165) is 30.5 Å². The highest BCUT2D eigenvalue weighted by molar-refractivity contribution is 4.62. The van der Waals surface area contributed by atoms with Gasteiger partial charge in [0.1, 0.15) is 6.61 Å². The normalized spacial score (nSPS) is 20.9.